The number of aryl methyl sites for hydroxylation is 2. The van der Waals surface area contributed by atoms with Gasteiger partial charge in [0.2, 0.25) is 5.91 Å². The number of benzene rings is 1. The molecule has 0 saturated carbocycles. The van der Waals surface area contributed by atoms with Crippen LogP contribution < -0.4 is 10.5 Å². The molecule has 4 rings (SSSR count). The molecule has 0 fully saturated rings. The Balaban J connectivity index is 1.50. The lowest BCUT2D eigenvalue weighted by atomic mass is 10.2. The third-order valence-corrected chi connectivity index (χ3v) is 6.50. The Kier molecular flexibility index (Phi) is 4.93. The third-order valence-electron chi connectivity index (χ3n) is 5.30. The van der Waals surface area contributed by atoms with Crippen molar-refractivity contribution < 1.29 is 4.79 Å². The van der Waals surface area contributed by atoms with E-state index in [0.717, 1.165) is 46.3 Å². The lowest BCUT2D eigenvalue weighted by molar-refractivity contribution is -0.131. The molecule has 1 aliphatic carbocycles. The number of nitrogens with zero attached hydrogens (tertiary/aromatic N) is 4. The molecule has 1 aromatic carbocycles. The molecule has 6 nitrogen and oxygen atoms in total. The summed E-state index contributed by atoms with van der Waals surface area (Å²) in [7, 11) is 5.76. The lowest BCUT2D eigenvalue weighted by Gasteiger charge is -2.19. The number of likely N-dealkylation sites (N-methyl/N-ethyl adjacent to an activating group) is 1. The first-order chi connectivity index (χ1) is 13.4. The first-order valence-electron chi connectivity index (χ1n) is 9.44. The molecule has 0 atom stereocenters. The van der Waals surface area contributed by atoms with E-state index in [9.17, 15) is 9.59 Å². The highest BCUT2D eigenvalue weighted by atomic mass is 32.1. The van der Waals surface area contributed by atoms with Crippen molar-refractivity contribution >= 4 is 33.1 Å². The smallest absolute Gasteiger partial charge is 0.262 e. The topological polar surface area (TPSA) is 58.4 Å². The first-order valence-corrected chi connectivity index (χ1v) is 10.3. The number of anilines is 1. The van der Waals surface area contributed by atoms with Crippen LogP contribution in [0.5, 0.6) is 0 Å². The van der Waals surface area contributed by atoms with E-state index >= 15 is 0 Å². The van der Waals surface area contributed by atoms with E-state index in [0.29, 0.717) is 6.54 Å². The van der Waals surface area contributed by atoms with Gasteiger partial charge in [0.15, 0.2) is 0 Å². The molecular formula is C21H24N4O2S. The molecular weight excluding hydrogens is 372 g/mol. The predicted molar refractivity (Wildman–Crippen MR) is 113 cm³/mol. The van der Waals surface area contributed by atoms with Gasteiger partial charge < -0.3 is 9.80 Å². The average molecular weight is 397 g/mol. The van der Waals surface area contributed by atoms with E-state index in [1.54, 1.807) is 23.3 Å². The SMILES string of the molecule is CN(Cc1ccc(N(C)C)cc1)C(=O)Cn1cnc2sc3c(c2c1=O)CCC3. The number of hydrogen-bond donors (Lipinski definition) is 0. The molecule has 0 spiro atoms. The van der Waals surface area contributed by atoms with E-state index < -0.39 is 0 Å². The first kappa shape index (κ1) is 18.7. The standard InChI is InChI=1S/C21H24N4O2S/c1-23(2)15-9-7-14(8-10-15)11-24(3)18(26)12-25-13-22-20-19(21(25)27)16-5-4-6-17(16)28-20/h7-10,13H,4-6,11-12H2,1-3H3. The van der Waals surface area contributed by atoms with Gasteiger partial charge in [-0.15, -0.1) is 11.3 Å². The van der Waals surface area contributed by atoms with Gasteiger partial charge in [0.05, 0.1) is 11.7 Å². The molecule has 0 saturated heterocycles. The number of amides is 1. The molecule has 1 aliphatic rings. The molecule has 28 heavy (non-hydrogen) atoms. The van der Waals surface area contributed by atoms with Crippen molar-refractivity contribution in [1.29, 1.82) is 0 Å². The molecule has 0 unspecified atom stereocenters. The van der Waals surface area contributed by atoms with Crippen LogP contribution >= 0.6 is 11.3 Å². The lowest BCUT2D eigenvalue weighted by Crippen LogP contribution is -2.33. The summed E-state index contributed by atoms with van der Waals surface area (Å²) in [5.74, 6) is -0.105. The molecule has 1 amide bonds. The minimum atomic E-state index is -0.105. The Morgan fingerprint density at radius 3 is 2.64 bits per heavy atom. The summed E-state index contributed by atoms with van der Waals surface area (Å²) in [6.45, 7) is 0.517. The van der Waals surface area contributed by atoms with Crippen molar-refractivity contribution in [2.45, 2.75) is 32.4 Å². The van der Waals surface area contributed by atoms with Crippen molar-refractivity contribution in [3.8, 4) is 0 Å². The van der Waals surface area contributed by atoms with Crippen LogP contribution in [0.3, 0.4) is 0 Å². The number of thiophene rings is 1. The van der Waals surface area contributed by atoms with Crippen molar-refractivity contribution in [2.75, 3.05) is 26.0 Å². The molecule has 0 N–H and O–H groups in total. The Morgan fingerprint density at radius 1 is 1.18 bits per heavy atom. The van der Waals surface area contributed by atoms with Crippen LogP contribution in [0.2, 0.25) is 0 Å². The molecule has 0 radical (unpaired) electrons. The second kappa shape index (κ2) is 7.39. The fourth-order valence-electron chi connectivity index (χ4n) is 3.66. The fraction of sp³-hybridized carbons (Fsp3) is 0.381. The van der Waals surface area contributed by atoms with Crippen LogP contribution in [-0.2, 0) is 30.7 Å². The molecule has 2 heterocycles. The second-order valence-electron chi connectivity index (χ2n) is 7.53. The highest BCUT2D eigenvalue weighted by Gasteiger charge is 2.22. The van der Waals surface area contributed by atoms with Crippen LogP contribution in [0.1, 0.15) is 22.4 Å². The van der Waals surface area contributed by atoms with Crippen LogP contribution in [0, 0.1) is 0 Å². The maximum atomic E-state index is 12.9. The largest absolute Gasteiger partial charge is 0.378 e. The van der Waals surface area contributed by atoms with Crippen molar-refractivity contribution in [3.05, 3.63) is 57.0 Å². The van der Waals surface area contributed by atoms with Gasteiger partial charge in [0.1, 0.15) is 11.4 Å². The van der Waals surface area contributed by atoms with Gasteiger partial charge in [-0.05, 0) is 42.5 Å². The van der Waals surface area contributed by atoms with Gasteiger partial charge >= 0.3 is 0 Å². The summed E-state index contributed by atoms with van der Waals surface area (Å²) in [6.07, 6.45) is 4.57. The summed E-state index contributed by atoms with van der Waals surface area (Å²) in [4.78, 5) is 35.8. The zero-order valence-corrected chi connectivity index (χ0v) is 17.3. The van der Waals surface area contributed by atoms with E-state index in [4.69, 9.17) is 0 Å². The number of hydrogen-bond acceptors (Lipinski definition) is 5. The molecule has 0 bridgehead atoms. The Morgan fingerprint density at radius 2 is 1.93 bits per heavy atom. The third kappa shape index (κ3) is 3.42. The zero-order chi connectivity index (χ0) is 19.8. The molecule has 2 aromatic heterocycles. The summed E-state index contributed by atoms with van der Waals surface area (Å²) in [5.41, 5.74) is 3.22. The van der Waals surface area contributed by atoms with E-state index in [1.807, 2.05) is 43.3 Å². The predicted octanol–water partition coefficient (Wildman–Crippen LogP) is 2.67. The summed E-state index contributed by atoms with van der Waals surface area (Å²) in [5, 5.41) is 0.717. The van der Waals surface area contributed by atoms with Crippen molar-refractivity contribution in [2.24, 2.45) is 0 Å². The summed E-state index contributed by atoms with van der Waals surface area (Å²) >= 11 is 1.62. The summed E-state index contributed by atoms with van der Waals surface area (Å²) in [6, 6.07) is 8.11. The highest BCUT2D eigenvalue weighted by Crippen LogP contribution is 2.34. The Hall–Kier alpha value is -2.67. The van der Waals surface area contributed by atoms with Gasteiger partial charge in [-0.25, -0.2) is 4.98 Å². The van der Waals surface area contributed by atoms with Crippen LogP contribution in [0.25, 0.3) is 10.2 Å². The molecule has 0 aliphatic heterocycles. The number of rotatable bonds is 5. The Bertz CT molecular complexity index is 1080. The molecule has 3 aromatic rings. The zero-order valence-electron chi connectivity index (χ0n) is 16.4. The van der Waals surface area contributed by atoms with Crippen LogP contribution in [0.4, 0.5) is 5.69 Å². The average Bonchev–Trinajstić information content (AvgIpc) is 3.25. The van der Waals surface area contributed by atoms with E-state index in [1.165, 1.54) is 15.8 Å². The molecule has 7 heteroatoms. The number of carbonyl (C=O) groups excluding carboxylic acids is 1. The quantitative estimate of drug-likeness (QED) is 0.665. The van der Waals surface area contributed by atoms with E-state index in [-0.39, 0.29) is 18.0 Å². The van der Waals surface area contributed by atoms with Gasteiger partial charge in [0, 0.05) is 38.3 Å². The number of fused-ring (bicyclic) bond motifs is 3. The monoisotopic (exact) mass is 396 g/mol. The van der Waals surface area contributed by atoms with Gasteiger partial charge in [-0.1, -0.05) is 12.1 Å². The maximum absolute atomic E-state index is 12.9. The van der Waals surface area contributed by atoms with Gasteiger partial charge in [-0.3, -0.25) is 14.2 Å². The maximum Gasteiger partial charge on any atom is 0.262 e. The number of carbonyl (C=O) groups is 1. The highest BCUT2D eigenvalue weighted by molar-refractivity contribution is 7.18. The fourth-order valence-corrected chi connectivity index (χ4v) is 4.88. The summed E-state index contributed by atoms with van der Waals surface area (Å²) < 4.78 is 1.45. The minimum Gasteiger partial charge on any atom is -0.378 e. The van der Waals surface area contributed by atoms with Gasteiger partial charge in [-0.2, -0.15) is 0 Å². The minimum absolute atomic E-state index is 0.0126. The van der Waals surface area contributed by atoms with Crippen LogP contribution in [-0.4, -0.2) is 41.5 Å². The van der Waals surface area contributed by atoms with E-state index in [2.05, 4.69) is 4.98 Å². The van der Waals surface area contributed by atoms with Crippen molar-refractivity contribution in [1.82, 2.24) is 14.5 Å². The van der Waals surface area contributed by atoms with Gasteiger partial charge in [0.25, 0.3) is 5.56 Å². The number of aromatic nitrogens is 2. The van der Waals surface area contributed by atoms with Crippen molar-refractivity contribution in [3.63, 3.8) is 0 Å². The Labute approximate surface area is 168 Å². The molecule has 146 valence electrons. The normalized spacial score (nSPS) is 13.0. The second-order valence-corrected chi connectivity index (χ2v) is 8.61. The van der Waals surface area contributed by atoms with Crippen LogP contribution in [0.15, 0.2) is 35.4 Å².